The zero-order valence-corrected chi connectivity index (χ0v) is 9.39. The summed E-state index contributed by atoms with van der Waals surface area (Å²) < 4.78 is 18.1. The van der Waals surface area contributed by atoms with Crippen LogP contribution < -0.4 is 10.5 Å². The lowest BCUT2D eigenvalue weighted by molar-refractivity contribution is 0.271. The van der Waals surface area contributed by atoms with Crippen molar-refractivity contribution >= 4 is 15.9 Å². The van der Waals surface area contributed by atoms with Crippen molar-refractivity contribution in [3.05, 3.63) is 28.2 Å². The highest BCUT2D eigenvalue weighted by molar-refractivity contribution is 9.10. The molecule has 0 saturated carbocycles. The number of halogens is 2. The number of hydrogen-bond donors (Lipinski definition) is 1. The molecule has 78 valence electrons. The van der Waals surface area contributed by atoms with Crippen molar-refractivity contribution in [1.82, 2.24) is 0 Å². The van der Waals surface area contributed by atoms with Crippen LogP contribution in [0, 0.1) is 0 Å². The molecule has 2 nitrogen and oxygen atoms in total. The molecule has 0 saturated heterocycles. The largest absolute Gasteiger partial charge is 0.491 e. The Labute approximate surface area is 91.4 Å². The minimum Gasteiger partial charge on any atom is -0.491 e. The molecule has 1 aromatic carbocycles. The Morgan fingerprint density at radius 3 is 2.86 bits per heavy atom. The third-order valence-corrected chi connectivity index (χ3v) is 2.26. The molecule has 0 bridgehead atoms. The van der Waals surface area contributed by atoms with Gasteiger partial charge in [-0.3, -0.25) is 0 Å². The van der Waals surface area contributed by atoms with E-state index in [-0.39, 0.29) is 6.61 Å². The molecule has 0 heterocycles. The summed E-state index contributed by atoms with van der Waals surface area (Å²) in [5.74, 6) is 0.719. The summed E-state index contributed by atoms with van der Waals surface area (Å²) in [7, 11) is 0. The van der Waals surface area contributed by atoms with Crippen LogP contribution in [0.4, 0.5) is 4.39 Å². The number of rotatable bonds is 5. The van der Waals surface area contributed by atoms with Gasteiger partial charge in [-0.25, -0.2) is 4.39 Å². The van der Waals surface area contributed by atoms with Gasteiger partial charge in [-0.15, -0.1) is 0 Å². The molecule has 0 aliphatic rings. The van der Waals surface area contributed by atoms with E-state index in [1.54, 1.807) is 0 Å². The van der Waals surface area contributed by atoms with Crippen LogP contribution >= 0.6 is 15.9 Å². The van der Waals surface area contributed by atoms with Crippen molar-refractivity contribution in [2.45, 2.75) is 6.42 Å². The zero-order chi connectivity index (χ0) is 10.4. The van der Waals surface area contributed by atoms with Crippen LogP contribution in [0.15, 0.2) is 22.7 Å². The van der Waals surface area contributed by atoms with Gasteiger partial charge in [0.2, 0.25) is 0 Å². The van der Waals surface area contributed by atoms with Gasteiger partial charge in [-0.05, 0) is 36.7 Å². The second-order valence-electron chi connectivity index (χ2n) is 2.83. The molecule has 0 unspecified atom stereocenters. The summed E-state index contributed by atoms with van der Waals surface area (Å²) in [5.41, 5.74) is 6.47. The quantitative estimate of drug-likeness (QED) is 0.883. The predicted molar refractivity (Wildman–Crippen MR) is 58.4 cm³/mol. The van der Waals surface area contributed by atoms with E-state index in [0.717, 1.165) is 22.2 Å². The minimum atomic E-state index is -0.474. The van der Waals surface area contributed by atoms with E-state index in [1.165, 1.54) is 0 Å². The average molecular weight is 262 g/mol. The Morgan fingerprint density at radius 2 is 2.21 bits per heavy atom. The predicted octanol–water partition coefficient (Wildman–Crippen LogP) is 2.30. The molecule has 0 atom stereocenters. The molecule has 0 spiro atoms. The van der Waals surface area contributed by atoms with Crippen molar-refractivity contribution in [3.8, 4) is 5.75 Å². The number of nitrogens with two attached hydrogens (primary N) is 1. The molecule has 0 amide bonds. The highest BCUT2D eigenvalue weighted by Crippen LogP contribution is 2.23. The van der Waals surface area contributed by atoms with E-state index in [4.69, 9.17) is 10.5 Å². The Kier molecular flexibility index (Phi) is 4.90. The van der Waals surface area contributed by atoms with Crippen LogP contribution in [-0.2, 0) is 6.42 Å². The minimum absolute atomic E-state index is 0.0964. The van der Waals surface area contributed by atoms with Gasteiger partial charge in [0.05, 0.1) is 0 Å². The molecular weight excluding hydrogens is 249 g/mol. The number of benzene rings is 1. The SMILES string of the molecule is NCCc1cc(Br)ccc1OCCF. The van der Waals surface area contributed by atoms with Gasteiger partial charge in [0.15, 0.2) is 0 Å². The van der Waals surface area contributed by atoms with Gasteiger partial charge >= 0.3 is 0 Å². The number of hydrogen-bond acceptors (Lipinski definition) is 2. The van der Waals surface area contributed by atoms with Crippen molar-refractivity contribution < 1.29 is 9.13 Å². The summed E-state index contributed by atoms with van der Waals surface area (Å²) in [4.78, 5) is 0. The van der Waals surface area contributed by atoms with E-state index < -0.39 is 6.67 Å². The Morgan fingerprint density at radius 1 is 1.43 bits per heavy atom. The summed E-state index contributed by atoms with van der Waals surface area (Å²) in [6.45, 7) is 0.180. The fraction of sp³-hybridized carbons (Fsp3) is 0.400. The first-order valence-corrected chi connectivity index (χ1v) is 5.24. The highest BCUT2D eigenvalue weighted by Gasteiger charge is 2.03. The van der Waals surface area contributed by atoms with Gasteiger partial charge in [0.25, 0.3) is 0 Å². The molecule has 0 aromatic heterocycles. The maximum Gasteiger partial charge on any atom is 0.123 e. The summed E-state index contributed by atoms with van der Waals surface area (Å²) >= 11 is 3.36. The topological polar surface area (TPSA) is 35.2 Å². The molecule has 0 aliphatic carbocycles. The zero-order valence-electron chi connectivity index (χ0n) is 7.80. The smallest absolute Gasteiger partial charge is 0.123 e. The van der Waals surface area contributed by atoms with Crippen LogP contribution in [0.2, 0.25) is 0 Å². The molecule has 2 N–H and O–H groups in total. The molecule has 0 radical (unpaired) electrons. The van der Waals surface area contributed by atoms with Gasteiger partial charge < -0.3 is 10.5 Å². The monoisotopic (exact) mass is 261 g/mol. The molecular formula is C10H13BrFNO. The summed E-state index contributed by atoms with van der Waals surface area (Å²) in [6.07, 6.45) is 0.737. The van der Waals surface area contributed by atoms with Gasteiger partial charge in [0, 0.05) is 4.47 Å². The van der Waals surface area contributed by atoms with Crippen molar-refractivity contribution in [2.24, 2.45) is 5.73 Å². The average Bonchev–Trinajstić information content (AvgIpc) is 2.17. The van der Waals surface area contributed by atoms with Crippen LogP contribution in [0.25, 0.3) is 0 Å². The molecule has 14 heavy (non-hydrogen) atoms. The van der Waals surface area contributed by atoms with Gasteiger partial charge in [0.1, 0.15) is 19.0 Å². The first-order chi connectivity index (χ1) is 6.77. The third kappa shape index (κ3) is 3.27. The normalized spacial score (nSPS) is 10.2. The molecule has 0 fully saturated rings. The van der Waals surface area contributed by atoms with E-state index in [0.29, 0.717) is 6.54 Å². The standard InChI is InChI=1S/C10H13BrFNO/c11-9-1-2-10(14-6-4-12)8(7-9)3-5-13/h1-2,7H,3-6,13H2. The van der Waals surface area contributed by atoms with Crippen LogP contribution in [0.3, 0.4) is 0 Å². The fourth-order valence-corrected chi connectivity index (χ4v) is 1.60. The lowest BCUT2D eigenvalue weighted by Gasteiger charge is -2.09. The fourth-order valence-electron chi connectivity index (χ4n) is 1.19. The van der Waals surface area contributed by atoms with Crippen molar-refractivity contribution in [1.29, 1.82) is 0 Å². The van der Waals surface area contributed by atoms with Gasteiger partial charge in [-0.1, -0.05) is 15.9 Å². The molecule has 4 heteroatoms. The van der Waals surface area contributed by atoms with Gasteiger partial charge in [-0.2, -0.15) is 0 Å². The van der Waals surface area contributed by atoms with Crippen LogP contribution in [-0.4, -0.2) is 19.8 Å². The first kappa shape index (κ1) is 11.5. The van der Waals surface area contributed by atoms with Crippen LogP contribution in [0.5, 0.6) is 5.75 Å². The van der Waals surface area contributed by atoms with Crippen molar-refractivity contribution in [2.75, 3.05) is 19.8 Å². The second-order valence-corrected chi connectivity index (χ2v) is 3.74. The summed E-state index contributed by atoms with van der Waals surface area (Å²) in [6, 6.07) is 5.64. The maximum absolute atomic E-state index is 11.9. The lowest BCUT2D eigenvalue weighted by Crippen LogP contribution is -2.06. The molecule has 0 aliphatic heterocycles. The maximum atomic E-state index is 11.9. The Hall–Kier alpha value is -0.610. The Balaban J connectivity index is 2.78. The van der Waals surface area contributed by atoms with Crippen molar-refractivity contribution in [3.63, 3.8) is 0 Å². The Bertz CT molecular complexity index is 293. The van der Waals surface area contributed by atoms with E-state index in [1.807, 2.05) is 18.2 Å². The number of alkyl halides is 1. The number of ether oxygens (including phenoxy) is 1. The molecule has 1 aromatic rings. The van der Waals surface area contributed by atoms with Crippen LogP contribution in [0.1, 0.15) is 5.56 Å². The van der Waals surface area contributed by atoms with E-state index in [2.05, 4.69) is 15.9 Å². The van der Waals surface area contributed by atoms with E-state index in [9.17, 15) is 4.39 Å². The lowest BCUT2D eigenvalue weighted by atomic mass is 10.1. The second kappa shape index (κ2) is 5.98. The first-order valence-electron chi connectivity index (χ1n) is 4.45. The summed E-state index contributed by atoms with van der Waals surface area (Å²) in [5, 5.41) is 0. The molecule has 1 rings (SSSR count). The third-order valence-electron chi connectivity index (χ3n) is 1.77. The highest BCUT2D eigenvalue weighted by atomic mass is 79.9. The van der Waals surface area contributed by atoms with E-state index >= 15 is 0 Å².